The van der Waals surface area contributed by atoms with E-state index in [1.165, 1.54) is 23.2 Å². The van der Waals surface area contributed by atoms with E-state index in [1.54, 1.807) is 30.3 Å². The molecule has 0 spiro atoms. The number of methoxy groups -OCH3 is 1. The van der Waals surface area contributed by atoms with Gasteiger partial charge in [0, 0.05) is 31.8 Å². The predicted octanol–water partition coefficient (Wildman–Crippen LogP) is 3.36. The first-order valence-electron chi connectivity index (χ1n) is 12.7. The topological polar surface area (TPSA) is 108 Å². The highest BCUT2D eigenvalue weighted by molar-refractivity contribution is 6.31. The summed E-state index contributed by atoms with van der Waals surface area (Å²) >= 11 is 6.11. The number of fused-ring (bicyclic) bond motifs is 2. The SMILES string of the molecule is COCC(=O)N(CC(=O)N(Cc1ccc2c(c1)OCO2)Cc1coc2ccc(Cl)cc2c1=O)CC1CCCO1. The van der Waals surface area contributed by atoms with Crippen LogP contribution in [0.15, 0.2) is 51.9 Å². The van der Waals surface area contributed by atoms with Crippen LogP contribution in [-0.4, -0.2) is 67.9 Å². The molecule has 0 saturated carbocycles. The zero-order chi connectivity index (χ0) is 27.4. The highest BCUT2D eigenvalue weighted by Gasteiger charge is 2.27. The molecule has 0 aliphatic carbocycles. The highest BCUT2D eigenvalue weighted by atomic mass is 35.5. The number of carbonyl (C=O) groups excluding carboxylic acids is 2. The molecule has 3 aromatic rings. The van der Waals surface area contributed by atoms with E-state index in [-0.39, 0.29) is 68.5 Å². The van der Waals surface area contributed by atoms with E-state index in [4.69, 9.17) is 35.0 Å². The molecule has 0 bridgehead atoms. The number of hydrogen-bond donors (Lipinski definition) is 0. The lowest BCUT2D eigenvalue weighted by molar-refractivity contribution is -0.144. The molecule has 0 radical (unpaired) electrons. The average molecular weight is 557 g/mol. The summed E-state index contributed by atoms with van der Waals surface area (Å²) in [5.41, 5.74) is 1.17. The average Bonchev–Trinajstić information content (AvgIpc) is 3.61. The number of hydrogen-bond acceptors (Lipinski definition) is 8. The summed E-state index contributed by atoms with van der Waals surface area (Å²) in [5.74, 6) is 0.538. The second-order valence-electron chi connectivity index (χ2n) is 9.51. The van der Waals surface area contributed by atoms with Gasteiger partial charge in [-0.3, -0.25) is 14.4 Å². The minimum absolute atomic E-state index is 0.0374. The fourth-order valence-electron chi connectivity index (χ4n) is 4.72. The van der Waals surface area contributed by atoms with E-state index in [1.807, 2.05) is 6.07 Å². The lowest BCUT2D eigenvalue weighted by Gasteiger charge is -2.29. The summed E-state index contributed by atoms with van der Waals surface area (Å²) in [5, 5.41) is 0.729. The van der Waals surface area contributed by atoms with E-state index < -0.39 is 0 Å². The van der Waals surface area contributed by atoms with Gasteiger partial charge in [0.05, 0.1) is 36.4 Å². The van der Waals surface area contributed by atoms with Gasteiger partial charge in [0.15, 0.2) is 16.9 Å². The zero-order valence-electron chi connectivity index (χ0n) is 21.5. The quantitative estimate of drug-likeness (QED) is 0.374. The Morgan fingerprint density at radius 1 is 1.05 bits per heavy atom. The Morgan fingerprint density at radius 2 is 1.90 bits per heavy atom. The molecule has 2 amide bonds. The largest absolute Gasteiger partial charge is 0.464 e. The predicted molar refractivity (Wildman–Crippen MR) is 142 cm³/mol. The van der Waals surface area contributed by atoms with E-state index in [2.05, 4.69) is 0 Å². The smallest absolute Gasteiger partial charge is 0.249 e. The Hall–Kier alpha value is -3.60. The standard InChI is InChI=1S/C28H29ClN2O8/c1-35-16-27(33)31(13-21-3-2-8-36-21)14-26(32)30(11-18-4-6-24-25(9-18)39-17-38-24)12-19-15-37-23-7-5-20(29)10-22(23)28(19)34/h4-7,9-10,15,21H,2-3,8,11-14,16-17H2,1H3. The van der Waals surface area contributed by atoms with Crippen LogP contribution in [0.5, 0.6) is 11.5 Å². The van der Waals surface area contributed by atoms with Crippen LogP contribution < -0.4 is 14.9 Å². The summed E-state index contributed by atoms with van der Waals surface area (Å²) < 4.78 is 27.3. The van der Waals surface area contributed by atoms with Gasteiger partial charge in [-0.25, -0.2) is 0 Å². The third-order valence-electron chi connectivity index (χ3n) is 6.73. The van der Waals surface area contributed by atoms with Crippen molar-refractivity contribution in [2.24, 2.45) is 0 Å². The molecule has 2 aliphatic rings. The monoisotopic (exact) mass is 556 g/mol. The van der Waals surface area contributed by atoms with Crippen LogP contribution in [0.2, 0.25) is 5.02 Å². The van der Waals surface area contributed by atoms with Gasteiger partial charge in [-0.05, 0) is 48.7 Å². The molecule has 1 fully saturated rings. The van der Waals surface area contributed by atoms with Crippen molar-refractivity contribution in [2.45, 2.75) is 32.0 Å². The van der Waals surface area contributed by atoms with Crippen molar-refractivity contribution >= 4 is 34.4 Å². The normalized spacial score (nSPS) is 16.0. The molecule has 10 nitrogen and oxygen atoms in total. The van der Waals surface area contributed by atoms with Gasteiger partial charge in [0.2, 0.25) is 18.6 Å². The van der Waals surface area contributed by atoms with Crippen LogP contribution in [-0.2, 0) is 32.2 Å². The summed E-state index contributed by atoms with van der Waals surface area (Å²) in [6, 6.07) is 10.2. The van der Waals surface area contributed by atoms with Gasteiger partial charge in [-0.15, -0.1) is 0 Å². The summed E-state index contributed by atoms with van der Waals surface area (Å²) in [4.78, 5) is 42.9. The van der Waals surface area contributed by atoms with Gasteiger partial charge in [0.25, 0.3) is 0 Å². The maximum atomic E-state index is 13.7. The minimum Gasteiger partial charge on any atom is -0.464 e. The Labute approximate surface area is 229 Å². The van der Waals surface area contributed by atoms with Gasteiger partial charge in [0.1, 0.15) is 12.2 Å². The number of amides is 2. The number of nitrogens with zero attached hydrogens (tertiary/aromatic N) is 2. The van der Waals surface area contributed by atoms with E-state index in [9.17, 15) is 14.4 Å². The molecule has 11 heteroatoms. The Balaban J connectivity index is 1.43. The van der Waals surface area contributed by atoms with Crippen LogP contribution >= 0.6 is 11.6 Å². The fraction of sp³-hybridized carbons (Fsp3) is 0.393. The Kier molecular flexibility index (Phi) is 8.35. The second kappa shape index (κ2) is 12.1. The number of carbonyl (C=O) groups is 2. The van der Waals surface area contributed by atoms with E-state index in [0.717, 1.165) is 18.4 Å². The fourth-order valence-corrected chi connectivity index (χ4v) is 4.89. The molecule has 206 valence electrons. The van der Waals surface area contributed by atoms with Crippen LogP contribution in [0, 0.1) is 0 Å². The summed E-state index contributed by atoms with van der Waals surface area (Å²) in [6.45, 7) is 0.806. The molecule has 1 atom stereocenters. The van der Waals surface area contributed by atoms with Crippen molar-refractivity contribution < 1.29 is 33.0 Å². The lowest BCUT2D eigenvalue weighted by atomic mass is 10.1. The van der Waals surface area contributed by atoms with E-state index in [0.29, 0.717) is 34.1 Å². The molecule has 39 heavy (non-hydrogen) atoms. The van der Waals surface area contributed by atoms with Crippen molar-refractivity contribution in [2.75, 3.05) is 40.2 Å². The first-order valence-corrected chi connectivity index (χ1v) is 13.0. The van der Waals surface area contributed by atoms with Crippen molar-refractivity contribution in [3.8, 4) is 11.5 Å². The van der Waals surface area contributed by atoms with Crippen molar-refractivity contribution in [1.82, 2.24) is 9.80 Å². The molecule has 1 aromatic heterocycles. The second-order valence-corrected chi connectivity index (χ2v) is 9.95. The lowest BCUT2D eigenvalue weighted by Crippen LogP contribution is -2.46. The van der Waals surface area contributed by atoms with Crippen LogP contribution in [0.3, 0.4) is 0 Å². The third-order valence-corrected chi connectivity index (χ3v) is 6.96. The van der Waals surface area contributed by atoms with E-state index >= 15 is 0 Å². The summed E-state index contributed by atoms with van der Waals surface area (Å²) in [6.07, 6.45) is 2.94. The van der Waals surface area contributed by atoms with Crippen molar-refractivity contribution in [3.05, 3.63) is 69.0 Å². The first kappa shape index (κ1) is 27.0. The number of rotatable bonds is 10. The Morgan fingerprint density at radius 3 is 2.69 bits per heavy atom. The third kappa shape index (κ3) is 6.35. The van der Waals surface area contributed by atoms with Crippen LogP contribution in [0.1, 0.15) is 24.0 Å². The van der Waals surface area contributed by atoms with Crippen molar-refractivity contribution in [3.63, 3.8) is 0 Å². The van der Waals surface area contributed by atoms with Gasteiger partial charge in [-0.1, -0.05) is 17.7 Å². The Bertz CT molecular complexity index is 1420. The van der Waals surface area contributed by atoms with Crippen molar-refractivity contribution in [1.29, 1.82) is 0 Å². The molecule has 2 aromatic carbocycles. The number of halogens is 1. The molecule has 1 unspecified atom stereocenters. The summed E-state index contributed by atoms with van der Waals surface area (Å²) in [7, 11) is 1.43. The molecule has 5 rings (SSSR count). The van der Waals surface area contributed by atoms with Crippen LogP contribution in [0.25, 0.3) is 11.0 Å². The molecule has 3 heterocycles. The maximum Gasteiger partial charge on any atom is 0.249 e. The van der Waals surface area contributed by atoms with Gasteiger partial charge < -0.3 is 33.2 Å². The maximum absolute atomic E-state index is 13.7. The zero-order valence-corrected chi connectivity index (χ0v) is 22.3. The molecule has 1 saturated heterocycles. The van der Waals surface area contributed by atoms with Gasteiger partial charge >= 0.3 is 0 Å². The molecule has 0 N–H and O–H groups in total. The van der Waals surface area contributed by atoms with Gasteiger partial charge in [-0.2, -0.15) is 0 Å². The first-order chi connectivity index (χ1) is 18.9. The molecule has 2 aliphatic heterocycles. The highest BCUT2D eigenvalue weighted by Crippen LogP contribution is 2.33. The minimum atomic E-state index is -0.347. The molecular weight excluding hydrogens is 528 g/mol. The number of benzene rings is 2. The number of ether oxygens (including phenoxy) is 4. The molecular formula is C28H29ClN2O8. The van der Waals surface area contributed by atoms with Crippen LogP contribution in [0.4, 0.5) is 0 Å².